The Balaban J connectivity index is 1.48. The summed E-state index contributed by atoms with van der Waals surface area (Å²) in [5, 5.41) is 13.5. The number of nitrogens with one attached hydrogen (secondary N) is 3. The Morgan fingerprint density at radius 3 is 2.37 bits per heavy atom. The van der Waals surface area contributed by atoms with E-state index in [1.807, 2.05) is 12.1 Å². The first-order valence-corrected chi connectivity index (χ1v) is 11.6. The van der Waals surface area contributed by atoms with Gasteiger partial charge in [-0.1, -0.05) is 0 Å². The normalized spacial score (nSPS) is 13.8. The number of aromatic nitrogens is 2. The summed E-state index contributed by atoms with van der Waals surface area (Å²) in [6.07, 6.45) is 1.05. The molecule has 2 aromatic carbocycles. The molecule has 182 valence electrons. The molecule has 5 N–H and O–H groups in total. The van der Waals surface area contributed by atoms with Crippen LogP contribution < -0.4 is 26.0 Å². The lowest BCUT2D eigenvalue weighted by Crippen LogP contribution is -2.44. The molecule has 0 aliphatic carbocycles. The van der Waals surface area contributed by atoms with Gasteiger partial charge in [0, 0.05) is 49.5 Å². The van der Waals surface area contributed by atoms with E-state index in [9.17, 15) is 4.79 Å². The SMILES string of the molecule is CN1CCN(c2ccc(Nc3nc(N)c(C=N)c(Oc4ccc(NC(=O)CCl)cc4)n3)cc2)CC1. The quantitative estimate of drug-likeness (QED) is 0.276. The van der Waals surface area contributed by atoms with Gasteiger partial charge in [0.2, 0.25) is 17.7 Å². The molecule has 1 amide bonds. The lowest BCUT2D eigenvalue weighted by Gasteiger charge is -2.34. The number of piperazine rings is 1. The van der Waals surface area contributed by atoms with Gasteiger partial charge in [0.25, 0.3) is 0 Å². The Labute approximate surface area is 208 Å². The number of hydrogen-bond donors (Lipinski definition) is 4. The van der Waals surface area contributed by atoms with E-state index >= 15 is 0 Å². The summed E-state index contributed by atoms with van der Waals surface area (Å²) in [6.45, 7) is 4.07. The van der Waals surface area contributed by atoms with Crippen molar-refractivity contribution in [2.75, 3.05) is 60.4 Å². The van der Waals surface area contributed by atoms with Gasteiger partial charge in [0.05, 0.1) is 5.56 Å². The predicted molar refractivity (Wildman–Crippen MR) is 140 cm³/mol. The van der Waals surface area contributed by atoms with Gasteiger partial charge < -0.3 is 36.3 Å². The molecule has 10 nitrogen and oxygen atoms in total. The first-order chi connectivity index (χ1) is 16.9. The van der Waals surface area contributed by atoms with Gasteiger partial charge in [-0.25, -0.2) is 0 Å². The molecule has 0 atom stereocenters. The summed E-state index contributed by atoms with van der Waals surface area (Å²) in [5.41, 5.74) is 8.89. The number of carbonyl (C=O) groups excluding carboxylic acids is 1. The average molecular weight is 495 g/mol. The van der Waals surface area contributed by atoms with Crippen molar-refractivity contribution in [3.63, 3.8) is 0 Å². The minimum atomic E-state index is -0.303. The molecule has 1 saturated heterocycles. The first kappa shape index (κ1) is 24.2. The molecule has 0 bridgehead atoms. The Bertz CT molecular complexity index is 1180. The molecule has 0 spiro atoms. The zero-order valence-electron chi connectivity index (χ0n) is 19.3. The molecule has 0 radical (unpaired) electrons. The van der Waals surface area contributed by atoms with Crippen LogP contribution in [-0.4, -0.2) is 66.1 Å². The highest BCUT2D eigenvalue weighted by Crippen LogP contribution is 2.29. The van der Waals surface area contributed by atoms with E-state index in [4.69, 9.17) is 27.5 Å². The highest BCUT2D eigenvalue weighted by atomic mass is 35.5. The number of likely N-dealkylation sites (N-methyl/N-ethyl adjacent to an activating group) is 1. The standard InChI is InChI=1S/C24H27ClN8O2/c1-32-10-12-33(13-11-32)18-6-2-17(3-7-18)29-24-30-22(27)20(15-26)23(31-24)35-19-8-4-16(5-9-19)28-21(34)14-25/h2-9,15,26H,10-14H2,1H3,(H,28,34)(H3,27,29,30,31). The number of halogens is 1. The molecular formula is C24H27ClN8O2. The molecule has 1 aromatic heterocycles. The topological polar surface area (TPSA) is 132 Å². The second-order valence-electron chi connectivity index (χ2n) is 8.07. The highest BCUT2D eigenvalue weighted by molar-refractivity contribution is 6.29. The third kappa shape index (κ3) is 6.17. The molecule has 1 aliphatic heterocycles. The summed E-state index contributed by atoms with van der Waals surface area (Å²) in [7, 11) is 2.13. The summed E-state index contributed by atoms with van der Waals surface area (Å²) >= 11 is 5.52. The number of alkyl halides is 1. The van der Waals surface area contributed by atoms with Crippen molar-refractivity contribution in [2.24, 2.45) is 0 Å². The third-order valence-corrected chi connectivity index (χ3v) is 5.79. The predicted octanol–water partition coefficient (Wildman–Crippen LogP) is 3.52. The Morgan fingerprint density at radius 1 is 1.09 bits per heavy atom. The van der Waals surface area contributed by atoms with Crippen LogP contribution in [-0.2, 0) is 4.79 Å². The minimum Gasteiger partial charge on any atom is -0.438 e. The van der Waals surface area contributed by atoms with E-state index in [1.165, 1.54) is 0 Å². The first-order valence-electron chi connectivity index (χ1n) is 11.1. The van der Waals surface area contributed by atoms with E-state index in [-0.39, 0.29) is 35.0 Å². The smallest absolute Gasteiger partial charge is 0.239 e. The van der Waals surface area contributed by atoms with Crippen LogP contribution in [0.2, 0.25) is 0 Å². The molecule has 35 heavy (non-hydrogen) atoms. The fraction of sp³-hybridized carbons (Fsp3) is 0.250. The summed E-state index contributed by atoms with van der Waals surface area (Å²) in [5.74, 6) is 0.533. The number of nitrogens with zero attached hydrogens (tertiary/aromatic N) is 4. The van der Waals surface area contributed by atoms with Crippen LogP contribution in [0, 0.1) is 5.41 Å². The number of ether oxygens (including phenoxy) is 1. The van der Waals surface area contributed by atoms with Gasteiger partial charge in [-0.05, 0) is 55.6 Å². The van der Waals surface area contributed by atoms with Crippen LogP contribution in [0.3, 0.4) is 0 Å². The van der Waals surface area contributed by atoms with Crippen molar-refractivity contribution in [1.29, 1.82) is 5.41 Å². The summed E-state index contributed by atoms with van der Waals surface area (Å²) in [4.78, 5) is 24.8. The average Bonchev–Trinajstić information content (AvgIpc) is 2.86. The van der Waals surface area contributed by atoms with Crippen molar-refractivity contribution in [1.82, 2.24) is 14.9 Å². The number of nitrogen functional groups attached to an aromatic ring is 1. The second-order valence-corrected chi connectivity index (χ2v) is 8.33. The number of nitrogens with two attached hydrogens (primary N) is 1. The highest BCUT2D eigenvalue weighted by Gasteiger charge is 2.16. The molecular weight excluding hydrogens is 468 g/mol. The van der Waals surface area contributed by atoms with Gasteiger partial charge in [0.15, 0.2) is 0 Å². The van der Waals surface area contributed by atoms with Crippen LogP contribution in [0.1, 0.15) is 5.56 Å². The number of amides is 1. The molecule has 1 aliphatic rings. The van der Waals surface area contributed by atoms with Crippen molar-refractivity contribution >= 4 is 52.6 Å². The van der Waals surface area contributed by atoms with E-state index < -0.39 is 0 Å². The van der Waals surface area contributed by atoms with Crippen LogP contribution in [0.5, 0.6) is 11.6 Å². The van der Waals surface area contributed by atoms with Gasteiger partial charge >= 0.3 is 0 Å². The molecule has 0 saturated carbocycles. The zero-order valence-corrected chi connectivity index (χ0v) is 20.0. The van der Waals surface area contributed by atoms with E-state index in [1.54, 1.807) is 24.3 Å². The molecule has 4 rings (SSSR count). The van der Waals surface area contributed by atoms with Gasteiger partial charge in [-0.15, -0.1) is 11.6 Å². The van der Waals surface area contributed by atoms with Crippen molar-refractivity contribution in [3.05, 3.63) is 54.1 Å². The van der Waals surface area contributed by atoms with Crippen molar-refractivity contribution in [2.45, 2.75) is 0 Å². The Hall–Kier alpha value is -3.89. The molecule has 1 fully saturated rings. The van der Waals surface area contributed by atoms with Crippen molar-refractivity contribution in [3.8, 4) is 11.6 Å². The maximum Gasteiger partial charge on any atom is 0.239 e. The van der Waals surface area contributed by atoms with E-state index in [2.05, 4.69) is 49.6 Å². The number of carbonyl (C=O) groups is 1. The Kier molecular flexibility index (Phi) is 7.64. The number of rotatable bonds is 8. The van der Waals surface area contributed by atoms with E-state index in [0.29, 0.717) is 11.4 Å². The largest absolute Gasteiger partial charge is 0.438 e. The summed E-state index contributed by atoms with van der Waals surface area (Å²) in [6, 6.07) is 14.7. The van der Waals surface area contributed by atoms with Crippen LogP contribution in [0.4, 0.5) is 28.8 Å². The van der Waals surface area contributed by atoms with Crippen molar-refractivity contribution < 1.29 is 9.53 Å². The Morgan fingerprint density at radius 2 is 1.74 bits per heavy atom. The van der Waals surface area contributed by atoms with E-state index in [0.717, 1.165) is 43.8 Å². The fourth-order valence-electron chi connectivity index (χ4n) is 3.60. The molecule has 11 heteroatoms. The second kappa shape index (κ2) is 11.0. The van der Waals surface area contributed by atoms with Gasteiger partial charge in [0.1, 0.15) is 17.4 Å². The zero-order chi connectivity index (χ0) is 24.8. The molecule has 3 aromatic rings. The van der Waals surface area contributed by atoms with Crippen LogP contribution >= 0.6 is 11.6 Å². The van der Waals surface area contributed by atoms with Crippen LogP contribution in [0.25, 0.3) is 0 Å². The lowest BCUT2D eigenvalue weighted by molar-refractivity contribution is -0.113. The van der Waals surface area contributed by atoms with Gasteiger partial charge in [-0.3, -0.25) is 4.79 Å². The maximum absolute atomic E-state index is 11.4. The molecule has 0 unspecified atom stereocenters. The number of benzene rings is 2. The maximum atomic E-state index is 11.4. The summed E-state index contributed by atoms with van der Waals surface area (Å²) < 4.78 is 5.88. The molecule has 2 heterocycles. The van der Waals surface area contributed by atoms with Crippen LogP contribution in [0.15, 0.2) is 48.5 Å². The number of anilines is 5. The number of hydrogen-bond acceptors (Lipinski definition) is 9. The monoisotopic (exact) mass is 494 g/mol. The third-order valence-electron chi connectivity index (χ3n) is 5.55. The fourth-order valence-corrected chi connectivity index (χ4v) is 3.66. The van der Waals surface area contributed by atoms with Gasteiger partial charge in [-0.2, -0.15) is 9.97 Å². The minimum absolute atomic E-state index is 0.118. The lowest BCUT2D eigenvalue weighted by atomic mass is 10.2.